The predicted octanol–water partition coefficient (Wildman–Crippen LogP) is 2.33. The van der Waals surface area contributed by atoms with Gasteiger partial charge in [0.2, 0.25) is 15.9 Å². The minimum absolute atomic E-state index is 0.0322. The Kier molecular flexibility index (Phi) is 4.03. The van der Waals surface area contributed by atoms with Crippen LogP contribution in [0.4, 0.5) is 4.39 Å². The maximum absolute atomic E-state index is 13.1. The Balaban J connectivity index is 1.67. The van der Waals surface area contributed by atoms with Crippen molar-refractivity contribution >= 4 is 21.6 Å². The first kappa shape index (κ1) is 15.2. The van der Waals surface area contributed by atoms with Gasteiger partial charge >= 0.3 is 0 Å². The molecule has 116 valence electrons. The Morgan fingerprint density at radius 1 is 1.27 bits per heavy atom. The van der Waals surface area contributed by atoms with E-state index in [1.54, 1.807) is 24.4 Å². The van der Waals surface area contributed by atoms with Crippen LogP contribution in [0.3, 0.4) is 0 Å². The number of ether oxygens (including phenoxy) is 1. The van der Waals surface area contributed by atoms with Crippen molar-refractivity contribution in [3.05, 3.63) is 53.4 Å². The number of hydrogen-bond acceptors (Lipinski definition) is 4. The molecule has 1 aromatic heterocycles. The third-order valence-electron chi connectivity index (χ3n) is 3.27. The molecule has 1 fully saturated rings. The van der Waals surface area contributed by atoms with Crippen molar-refractivity contribution in [3.8, 4) is 5.88 Å². The molecule has 0 N–H and O–H groups in total. The van der Waals surface area contributed by atoms with E-state index >= 15 is 0 Å². The number of benzene rings is 1. The number of halogens is 2. The topological polar surface area (TPSA) is 59.5 Å². The number of nitrogens with zero attached hydrogens (tertiary/aromatic N) is 2. The van der Waals surface area contributed by atoms with Gasteiger partial charge in [0.1, 0.15) is 11.9 Å². The lowest BCUT2D eigenvalue weighted by Gasteiger charge is -2.37. The summed E-state index contributed by atoms with van der Waals surface area (Å²) in [6, 6.07) is 8.61. The molecule has 5 nitrogen and oxygen atoms in total. The fraction of sp³-hybridized carbons (Fsp3) is 0.214. The molecule has 2 aromatic rings. The number of sulfonamides is 1. The normalized spacial score (nSPS) is 16.3. The van der Waals surface area contributed by atoms with Gasteiger partial charge in [0.15, 0.2) is 0 Å². The summed E-state index contributed by atoms with van der Waals surface area (Å²) in [4.78, 5) is 3.99. The van der Waals surface area contributed by atoms with Crippen LogP contribution in [0.5, 0.6) is 5.88 Å². The molecular formula is C14H12ClFN2O3S. The Morgan fingerprint density at radius 3 is 2.68 bits per heavy atom. The fourth-order valence-corrected chi connectivity index (χ4v) is 3.82. The van der Waals surface area contributed by atoms with Gasteiger partial charge in [0.25, 0.3) is 0 Å². The van der Waals surface area contributed by atoms with Crippen LogP contribution in [0.2, 0.25) is 5.02 Å². The molecule has 0 spiro atoms. The molecule has 0 atom stereocenters. The summed E-state index contributed by atoms with van der Waals surface area (Å²) >= 11 is 5.63. The molecule has 1 aliphatic rings. The summed E-state index contributed by atoms with van der Waals surface area (Å²) < 4.78 is 44.6. The standard InChI is InChI=1S/C14H12ClFN2O3S/c15-12-7-11(4-5-13(12)16)22(19,20)18-8-10(9-18)21-14-3-1-2-6-17-14/h1-7,10H,8-9H2. The second kappa shape index (κ2) is 5.83. The first-order valence-electron chi connectivity index (χ1n) is 6.50. The summed E-state index contributed by atoms with van der Waals surface area (Å²) in [5, 5.41) is -0.220. The molecule has 0 radical (unpaired) electrons. The smallest absolute Gasteiger partial charge is 0.243 e. The second-order valence-corrected chi connectivity index (χ2v) is 7.15. The van der Waals surface area contributed by atoms with E-state index in [1.807, 2.05) is 0 Å². The zero-order valence-corrected chi connectivity index (χ0v) is 12.9. The van der Waals surface area contributed by atoms with Crippen molar-refractivity contribution < 1.29 is 17.5 Å². The molecular weight excluding hydrogens is 331 g/mol. The lowest BCUT2D eigenvalue weighted by atomic mass is 10.2. The summed E-state index contributed by atoms with van der Waals surface area (Å²) in [6.45, 7) is 0.432. The number of rotatable bonds is 4. The fourth-order valence-electron chi connectivity index (χ4n) is 2.05. The van der Waals surface area contributed by atoms with Gasteiger partial charge in [0, 0.05) is 12.3 Å². The minimum Gasteiger partial charge on any atom is -0.472 e. The lowest BCUT2D eigenvalue weighted by Crippen LogP contribution is -2.56. The van der Waals surface area contributed by atoms with Gasteiger partial charge in [-0.15, -0.1) is 0 Å². The van der Waals surface area contributed by atoms with Crippen LogP contribution in [-0.2, 0) is 10.0 Å². The molecule has 0 aliphatic carbocycles. The van der Waals surface area contributed by atoms with Gasteiger partial charge in [-0.3, -0.25) is 0 Å². The highest BCUT2D eigenvalue weighted by Crippen LogP contribution is 2.26. The van der Waals surface area contributed by atoms with Crippen LogP contribution in [0.15, 0.2) is 47.5 Å². The Bertz CT molecular complexity index is 780. The van der Waals surface area contributed by atoms with Gasteiger partial charge < -0.3 is 4.74 Å². The van der Waals surface area contributed by atoms with E-state index < -0.39 is 15.8 Å². The van der Waals surface area contributed by atoms with E-state index in [4.69, 9.17) is 16.3 Å². The quantitative estimate of drug-likeness (QED) is 0.855. The molecule has 1 saturated heterocycles. The second-order valence-electron chi connectivity index (χ2n) is 4.81. The largest absolute Gasteiger partial charge is 0.472 e. The summed E-state index contributed by atoms with van der Waals surface area (Å²) in [7, 11) is -3.68. The monoisotopic (exact) mass is 342 g/mol. The molecule has 0 amide bonds. The van der Waals surface area contributed by atoms with Crippen molar-refractivity contribution in [2.75, 3.05) is 13.1 Å². The van der Waals surface area contributed by atoms with E-state index in [0.717, 1.165) is 12.1 Å². The van der Waals surface area contributed by atoms with Gasteiger partial charge in [-0.25, -0.2) is 17.8 Å². The average Bonchev–Trinajstić information content (AvgIpc) is 2.46. The highest BCUT2D eigenvalue weighted by molar-refractivity contribution is 7.89. The van der Waals surface area contributed by atoms with E-state index in [-0.39, 0.29) is 29.1 Å². The molecule has 1 aliphatic heterocycles. The van der Waals surface area contributed by atoms with Crippen molar-refractivity contribution in [2.24, 2.45) is 0 Å². The summed E-state index contributed by atoms with van der Waals surface area (Å²) in [5.41, 5.74) is 0. The molecule has 0 saturated carbocycles. The van der Waals surface area contributed by atoms with E-state index in [1.165, 1.54) is 10.4 Å². The number of pyridine rings is 1. The first-order valence-corrected chi connectivity index (χ1v) is 8.31. The SMILES string of the molecule is O=S(=O)(c1ccc(F)c(Cl)c1)N1CC(Oc2ccccn2)C1. The first-order chi connectivity index (χ1) is 10.5. The Labute approximate surface area is 132 Å². The maximum Gasteiger partial charge on any atom is 0.243 e. The summed E-state index contributed by atoms with van der Waals surface area (Å²) in [6.07, 6.45) is 1.35. The third kappa shape index (κ3) is 2.92. The molecule has 2 heterocycles. The molecule has 3 rings (SSSR count). The van der Waals surface area contributed by atoms with Crippen LogP contribution < -0.4 is 4.74 Å². The highest BCUT2D eigenvalue weighted by atomic mass is 35.5. The maximum atomic E-state index is 13.1. The van der Waals surface area contributed by atoms with Crippen molar-refractivity contribution in [1.29, 1.82) is 0 Å². The van der Waals surface area contributed by atoms with E-state index in [0.29, 0.717) is 5.88 Å². The molecule has 1 aromatic carbocycles. The van der Waals surface area contributed by atoms with Gasteiger partial charge in [-0.05, 0) is 24.3 Å². The van der Waals surface area contributed by atoms with Crippen molar-refractivity contribution in [1.82, 2.24) is 9.29 Å². The van der Waals surface area contributed by atoms with Crippen LogP contribution >= 0.6 is 11.6 Å². The van der Waals surface area contributed by atoms with Crippen LogP contribution in [-0.4, -0.2) is 36.9 Å². The van der Waals surface area contributed by atoms with Gasteiger partial charge in [-0.1, -0.05) is 17.7 Å². The number of hydrogen-bond donors (Lipinski definition) is 0. The summed E-state index contributed by atoms with van der Waals surface area (Å²) in [5.74, 6) is -0.199. The van der Waals surface area contributed by atoms with Gasteiger partial charge in [-0.2, -0.15) is 4.31 Å². The predicted molar refractivity (Wildman–Crippen MR) is 78.8 cm³/mol. The highest BCUT2D eigenvalue weighted by Gasteiger charge is 2.38. The third-order valence-corrected chi connectivity index (χ3v) is 5.39. The minimum atomic E-state index is -3.68. The molecule has 0 unspecified atom stereocenters. The van der Waals surface area contributed by atoms with Crippen LogP contribution in [0.1, 0.15) is 0 Å². The lowest BCUT2D eigenvalue weighted by molar-refractivity contribution is 0.0721. The molecule has 0 bridgehead atoms. The van der Waals surface area contributed by atoms with Crippen LogP contribution in [0, 0.1) is 5.82 Å². The van der Waals surface area contributed by atoms with Gasteiger partial charge in [0.05, 0.1) is 23.0 Å². The van der Waals surface area contributed by atoms with Crippen LogP contribution in [0.25, 0.3) is 0 Å². The Morgan fingerprint density at radius 2 is 2.05 bits per heavy atom. The molecule has 8 heteroatoms. The van der Waals surface area contributed by atoms with Crippen molar-refractivity contribution in [3.63, 3.8) is 0 Å². The van der Waals surface area contributed by atoms with E-state index in [2.05, 4.69) is 4.98 Å². The zero-order chi connectivity index (χ0) is 15.7. The van der Waals surface area contributed by atoms with E-state index in [9.17, 15) is 12.8 Å². The Hall–Kier alpha value is -1.70. The number of aromatic nitrogens is 1. The zero-order valence-electron chi connectivity index (χ0n) is 11.3. The van der Waals surface area contributed by atoms with Crippen molar-refractivity contribution in [2.45, 2.75) is 11.0 Å². The average molecular weight is 343 g/mol. The molecule has 22 heavy (non-hydrogen) atoms.